The predicted molar refractivity (Wildman–Crippen MR) is 111 cm³/mol. The summed E-state index contributed by atoms with van der Waals surface area (Å²) in [5.74, 6) is 2.22. The lowest BCUT2D eigenvalue weighted by atomic mass is 10.0. The highest BCUT2D eigenvalue weighted by Gasteiger charge is 2.46. The normalized spacial score (nSPS) is 24.8. The molecular weight excluding hydrogens is 372 g/mol. The van der Waals surface area contributed by atoms with E-state index in [9.17, 15) is 8.42 Å². The van der Waals surface area contributed by atoms with E-state index in [0.29, 0.717) is 5.75 Å². The van der Waals surface area contributed by atoms with Crippen LogP contribution >= 0.6 is 0 Å². The Morgan fingerprint density at radius 2 is 1.50 bits per heavy atom. The van der Waals surface area contributed by atoms with Crippen LogP contribution in [0.2, 0.25) is 0 Å². The van der Waals surface area contributed by atoms with Gasteiger partial charge in [0.25, 0.3) is 0 Å². The highest BCUT2D eigenvalue weighted by molar-refractivity contribution is 7.91. The van der Waals surface area contributed by atoms with Crippen LogP contribution in [-0.2, 0) is 16.4 Å². The zero-order valence-electron chi connectivity index (χ0n) is 16.3. The van der Waals surface area contributed by atoms with E-state index >= 15 is 0 Å². The Morgan fingerprint density at radius 1 is 0.893 bits per heavy atom. The minimum Gasteiger partial charge on any atom is -0.457 e. The first-order valence-electron chi connectivity index (χ1n) is 10.0. The maximum atomic E-state index is 12.3. The lowest BCUT2D eigenvalue weighted by molar-refractivity contribution is 0.0405. The van der Waals surface area contributed by atoms with Crippen LogP contribution in [0.5, 0.6) is 11.5 Å². The van der Waals surface area contributed by atoms with Crippen LogP contribution in [0.25, 0.3) is 0 Å². The third kappa shape index (κ3) is 4.40. The van der Waals surface area contributed by atoms with Gasteiger partial charge in [-0.3, -0.25) is 9.80 Å². The van der Waals surface area contributed by atoms with Crippen LogP contribution < -0.4 is 4.74 Å². The van der Waals surface area contributed by atoms with Crippen molar-refractivity contribution in [2.24, 2.45) is 0 Å². The van der Waals surface area contributed by atoms with E-state index in [1.165, 1.54) is 5.56 Å². The maximum Gasteiger partial charge on any atom is 0.153 e. The van der Waals surface area contributed by atoms with E-state index < -0.39 is 9.84 Å². The summed E-state index contributed by atoms with van der Waals surface area (Å²) >= 11 is 0. The van der Waals surface area contributed by atoms with Gasteiger partial charge in [-0.05, 0) is 42.8 Å². The van der Waals surface area contributed by atoms with Gasteiger partial charge in [0.1, 0.15) is 11.5 Å². The van der Waals surface area contributed by atoms with Crippen LogP contribution in [0, 0.1) is 0 Å². The van der Waals surface area contributed by atoms with E-state index in [0.717, 1.165) is 44.1 Å². The smallest absolute Gasteiger partial charge is 0.153 e. The van der Waals surface area contributed by atoms with Gasteiger partial charge in [-0.2, -0.15) is 0 Å². The molecule has 150 valence electrons. The molecule has 2 aromatic carbocycles. The topological polar surface area (TPSA) is 49.9 Å². The molecule has 4 rings (SSSR count). The summed E-state index contributed by atoms with van der Waals surface area (Å²) in [4.78, 5) is 4.73. The van der Waals surface area contributed by atoms with E-state index in [1.54, 1.807) is 0 Å². The molecule has 2 aliphatic rings. The molecule has 0 saturated carbocycles. The van der Waals surface area contributed by atoms with Crippen molar-refractivity contribution in [1.29, 1.82) is 0 Å². The van der Waals surface area contributed by atoms with Crippen LogP contribution in [-0.4, -0.2) is 61.4 Å². The van der Waals surface area contributed by atoms with Gasteiger partial charge in [-0.1, -0.05) is 37.3 Å². The molecule has 2 heterocycles. The lowest BCUT2D eigenvalue weighted by Gasteiger charge is -2.44. The summed E-state index contributed by atoms with van der Waals surface area (Å²) < 4.78 is 30.4. The zero-order chi connectivity index (χ0) is 19.6. The molecule has 0 aliphatic carbocycles. The number of fused-ring (bicyclic) bond motifs is 1. The zero-order valence-corrected chi connectivity index (χ0v) is 17.1. The molecule has 0 bridgehead atoms. The molecule has 0 radical (unpaired) electrons. The molecule has 2 fully saturated rings. The van der Waals surface area contributed by atoms with Gasteiger partial charge in [0.05, 0.1) is 11.5 Å². The Labute approximate surface area is 167 Å². The van der Waals surface area contributed by atoms with Gasteiger partial charge >= 0.3 is 0 Å². The molecular formula is C22H28N2O3S. The molecule has 0 spiro atoms. The Morgan fingerprint density at radius 3 is 2.18 bits per heavy atom. The second kappa shape index (κ2) is 8.23. The third-order valence-corrected chi connectivity index (χ3v) is 7.40. The minimum atomic E-state index is -2.95. The van der Waals surface area contributed by atoms with Crippen LogP contribution in [0.1, 0.15) is 18.9 Å². The standard InChI is InChI=1S/C22H28N2O3S/c1-2-12-23-13-14-24(22-17-28(25,26)16-21(22)23)15-18-8-10-20(11-9-18)27-19-6-4-3-5-7-19/h3-11,21-22H,2,12-17H2,1H3/t21-,22+/m0/s1. The largest absolute Gasteiger partial charge is 0.457 e. The van der Waals surface area contributed by atoms with Crippen molar-refractivity contribution >= 4 is 9.84 Å². The predicted octanol–water partition coefficient (Wildman–Crippen LogP) is 3.17. The summed E-state index contributed by atoms with van der Waals surface area (Å²) in [5.41, 5.74) is 1.19. The Hall–Kier alpha value is -1.89. The fraction of sp³-hybridized carbons (Fsp3) is 0.455. The van der Waals surface area contributed by atoms with Gasteiger partial charge in [0.2, 0.25) is 0 Å². The van der Waals surface area contributed by atoms with Crippen molar-refractivity contribution < 1.29 is 13.2 Å². The molecule has 28 heavy (non-hydrogen) atoms. The number of rotatable bonds is 6. The van der Waals surface area contributed by atoms with Crippen molar-refractivity contribution in [3.05, 3.63) is 60.2 Å². The molecule has 2 saturated heterocycles. The average Bonchev–Trinajstić information content (AvgIpc) is 3.02. The monoisotopic (exact) mass is 400 g/mol. The van der Waals surface area contributed by atoms with Crippen molar-refractivity contribution in [1.82, 2.24) is 9.80 Å². The number of benzene rings is 2. The first-order valence-corrected chi connectivity index (χ1v) is 11.9. The van der Waals surface area contributed by atoms with Crippen molar-refractivity contribution in [3.63, 3.8) is 0 Å². The van der Waals surface area contributed by atoms with Crippen LogP contribution in [0.3, 0.4) is 0 Å². The second-order valence-electron chi connectivity index (χ2n) is 7.78. The molecule has 0 N–H and O–H groups in total. The van der Waals surface area contributed by atoms with Gasteiger partial charge < -0.3 is 4.74 Å². The molecule has 2 aromatic rings. The molecule has 2 aliphatic heterocycles. The highest BCUT2D eigenvalue weighted by atomic mass is 32.2. The van der Waals surface area contributed by atoms with Gasteiger partial charge in [0, 0.05) is 31.7 Å². The third-order valence-electron chi connectivity index (χ3n) is 5.70. The van der Waals surface area contributed by atoms with Crippen molar-refractivity contribution in [2.45, 2.75) is 32.0 Å². The van der Waals surface area contributed by atoms with Crippen molar-refractivity contribution in [3.8, 4) is 11.5 Å². The van der Waals surface area contributed by atoms with E-state index in [1.807, 2.05) is 42.5 Å². The first-order chi connectivity index (χ1) is 13.5. The number of hydrogen-bond donors (Lipinski definition) is 0. The van der Waals surface area contributed by atoms with E-state index in [4.69, 9.17) is 4.74 Å². The summed E-state index contributed by atoms with van der Waals surface area (Å²) in [5, 5.41) is 0. The summed E-state index contributed by atoms with van der Waals surface area (Å²) in [6.07, 6.45) is 1.06. The number of nitrogens with zero attached hydrogens (tertiary/aromatic N) is 2. The number of sulfone groups is 1. The quantitative estimate of drug-likeness (QED) is 0.745. The average molecular weight is 401 g/mol. The van der Waals surface area contributed by atoms with E-state index in [-0.39, 0.29) is 17.8 Å². The molecule has 5 nitrogen and oxygen atoms in total. The first kappa shape index (κ1) is 19.4. The maximum absolute atomic E-state index is 12.3. The second-order valence-corrected chi connectivity index (χ2v) is 9.93. The highest BCUT2D eigenvalue weighted by Crippen LogP contribution is 2.29. The Bertz CT molecular complexity index is 884. The number of para-hydroxylation sites is 1. The Kier molecular flexibility index (Phi) is 5.71. The fourth-order valence-corrected chi connectivity index (χ4v) is 6.42. The molecule has 0 aromatic heterocycles. The Balaban J connectivity index is 1.43. The van der Waals surface area contributed by atoms with Gasteiger partial charge in [-0.15, -0.1) is 0 Å². The lowest BCUT2D eigenvalue weighted by Crippen LogP contribution is -2.58. The SMILES string of the molecule is CCCN1CCN(Cc2ccc(Oc3ccccc3)cc2)[C@@H]2CS(=O)(=O)C[C@@H]21. The molecule has 6 heteroatoms. The summed E-state index contributed by atoms with van der Waals surface area (Å²) in [6, 6.07) is 18.1. The number of ether oxygens (including phenoxy) is 1. The van der Waals surface area contributed by atoms with Gasteiger partial charge in [0.15, 0.2) is 9.84 Å². The molecule has 2 atom stereocenters. The minimum absolute atomic E-state index is 0.102. The van der Waals surface area contributed by atoms with Crippen molar-refractivity contribution in [2.75, 3.05) is 31.1 Å². The summed E-state index contributed by atoms with van der Waals surface area (Å²) in [7, 11) is -2.95. The van der Waals surface area contributed by atoms with Gasteiger partial charge in [-0.25, -0.2) is 8.42 Å². The number of piperazine rings is 1. The van der Waals surface area contributed by atoms with Crippen LogP contribution in [0.15, 0.2) is 54.6 Å². The molecule has 0 unspecified atom stereocenters. The number of hydrogen-bond acceptors (Lipinski definition) is 5. The van der Waals surface area contributed by atoms with E-state index in [2.05, 4.69) is 28.9 Å². The summed E-state index contributed by atoms with van der Waals surface area (Å²) in [6.45, 7) is 5.78. The fourth-order valence-electron chi connectivity index (χ4n) is 4.38. The van der Waals surface area contributed by atoms with Crippen LogP contribution in [0.4, 0.5) is 0 Å². The molecule has 0 amide bonds.